The Bertz CT molecular complexity index is 399. The van der Waals surface area contributed by atoms with Crippen LogP contribution in [0.4, 0.5) is 4.79 Å². The highest BCUT2D eigenvalue weighted by Gasteiger charge is 2.30. The van der Waals surface area contributed by atoms with Crippen LogP contribution < -0.4 is 5.32 Å². The number of hydrogen-bond acceptors (Lipinski definition) is 4. The summed E-state index contributed by atoms with van der Waals surface area (Å²) in [7, 11) is 1.24. The third-order valence-corrected chi connectivity index (χ3v) is 3.84. The summed E-state index contributed by atoms with van der Waals surface area (Å²) >= 11 is 0. The molecule has 21 heavy (non-hydrogen) atoms. The van der Waals surface area contributed by atoms with E-state index in [4.69, 9.17) is 5.11 Å². The minimum absolute atomic E-state index is 0.0194. The zero-order valence-corrected chi connectivity index (χ0v) is 12.8. The van der Waals surface area contributed by atoms with Crippen LogP contribution in [-0.4, -0.2) is 53.7 Å². The molecule has 0 aromatic rings. The highest BCUT2D eigenvalue weighted by Crippen LogP contribution is 2.21. The van der Waals surface area contributed by atoms with Crippen LogP contribution in [0.15, 0.2) is 0 Å². The van der Waals surface area contributed by atoms with Crippen LogP contribution in [0.5, 0.6) is 0 Å². The first-order chi connectivity index (χ1) is 9.85. The number of amides is 2. The van der Waals surface area contributed by atoms with Gasteiger partial charge in [0.15, 0.2) is 0 Å². The summed E-state index contributed by atoms with van der Waals surface area (Å²) in [5, 5.41) is 11.6. The lowest BCUT2D eigenvalue weighted by molar-refractivity contribution is -0.142. The highest BCUT2D eigenvalue weighted by atomic mass is 16.5. The standard InChI is InChI=1S/C14H24N2O5/c1-9-4-5-10(2)16(8-9)14(20)15-11(13(18)19)6-7-12(17)21-3/h9-11H,4-8H2,1-3H3,(H,15,20)(H,18,19)/t9?,10?,11-/m0/s1. The molecule has 2 unspecified atom stereocenters. The molecule has 0 saturated carbocycles. The second-order valence-corrected chi connectivity index (χ2v) is 5.64. The molecule has 2 amide bonds. The van der Waals surface area contributed by atoms with E-state index in [1.54, 1.807) is 4.90 Å². The fourth-order valence-electron chi connectivity index (χ4n) is 2.43. The maximum atomic E-state index is 12.2. The van der Waals surface area contributed by atoms with E-state index < -0.39 is 18.0 Å². The summed E-state index contributed by atoms with van der Waals surface area (Å²) in [6, 6.07) is -1.37. The molecule has 1 heterocycles. The average molecular weight is 300 g/mol. The normalized spacial score (nSPS) is 23.3. The van der Waals surface area contributed by atoms with Crippen molar-refractivity contribution in [1.82, 2.24) is 10.2 Å². The zero-order chi connectivity index (χ0) is 16.0. The van der Waals surface area contributed by atoms with Gasteiger partial charge >= 0.3 is 18.0 Å². The van der Waals surface area contributed by atoms with Gasteiger partial charge in [-0.15, -0.1) is 0 Å². The van der Waals surface area contributed by atoms with Gasteiger partial charge in [0.25, 0.3) is 0 Å². The number of rotatable bonds is 5. The van der Waals surface area contributed by atoms with Crippen molar-refractivity contribution < 1.29 is 24.2 Å². The van der Waals surface area contributed by atoms with Gasteiger partial charge in [-0.3, -0.25) is 4.79 Å². The van der Waals surface area contributed by atoms with Crippen molar-refractivity contribution in [3.63, 3.8) is 0 Å². The molecule has 3 atom stereocenters. The number of nitrogens with one attached hydrogen (secondary N) is 1. The van der Waals surface area contributed by atoms with Crippen LogP contribution in [0.2, 0.25) is 0 Å². The second kappa shape index (κ2) is 7.85. The van der Waals surface area contributed by atoms with Crippen molar-refractivity contribution in [1.29, 1.82) is 0 Å². The monoisotopic (exact) mass is 300 g/mol. The lowest BCUT2D eigenvalue weighted by Gasteiger charge is -2.37. The third-order valence-electron chi connectivity index (χ3n) is 3.84. The Hall–Kier alpha value is -1.79. The predicted octanol–water partition coefficient (Wildman–Crippen LogP) is 1.22. The summed E-state index contributed by atoms with van der Waals surface area (Å²) < 4.78 is 4.48. The highest BCUT2D eigenvalue weighted by molar-refractivity contribution is 5.83. The van der Waals surface area contributed by atoms with Gasteiger partial charge in [0.05, 0.1) is 7.11 Å². The van der Waals surface area contributed by atoms with Crippen LogP contribution in [-0.2, 0) is 14.3 Å². The van der Waals surface area contributed by atoms with E-state index in [0.29, 0.717) is 12.5 Å². The van der Waals surface area contributed by atoms with Crippen molar-refractivity contribution in [3.05, 3.63) is 0 Å². The zero-order valence-electron chi connectivity index (χ0n) is 12.8. The van der Waals surface area contributed by atoms with Crippen molar-refractivity contribution >= 4 is 18.0 Å². The number of ether oxygens (including phenoxy) is 1. The first-order valence-corrected chi connectivity index (χ1v) is 7.21. The summed E-state index contributed by atoms with van der Waals surface area (Å²) in [4.78, 5) is 36.1. The Labute approximate surface area is 124 Å². The van der Waals surface area contributed by atoms with E-state index in [2.05, 4.69) is 17.0 Å². The molecular formula is C14H24N2O5. The number of nitrogens with zero attached hydrogens (tertiary/aromatic N) is 1. The number of aliphatic carboxylic acids is 1. The van der Waals surface area contributed by atoms with Crippen LogP contribution in [0.1, 0.15) is 39.5 Å². The Morgan fingerprint density at radius 1 is 1.33 bits per heavy atom. The van der Waals surface area contributed by atoms with Crippen molar-refractivity contribution in [2.45, 2.75) is 51.6 Å². The van der Waals surface area contributed by atoms with Crippen molar-refractivity contribution in [3.8, 4) is 0 Å². The topological polar surface area (TPSA) is 95.9 Å². The number of carboxylic acids is 1. The number of methoxy groups -OCH3 is 1. The minimum Gasteiger partial charge on any atom is -0.480 e. The SMILES string of the molecule is COC(=O)CC[C@H](NC(=O)N1CC(C)CCC1C)C(=O)O. The molecule has 2 N–H and O–H groups in total. The molecule has 0 aromatic heterocycles. The first-order valence-electron chi connectivity index (χ1n) is 7.21. The predicted molar refractivity (Wildman–Crippen MR) is 75.8 cm³/mol. The van der Waals surface area contributed by atoms with Gasteiger partial charge in [0, 0.05) is 19.0 Å². The van der Waals surface area contributed by atoms with Gasteiger partial charge in [-0.2, -0.15) is 0 Å². The molecule has 1 aliphatic rings. The first kappa shape index (κ1) is 17.3. The molecule has 120 valence electrons. The van der Waals surface area contributed by atoms with E-state index in [-0.39, 0.29) is 24.9 Å². The largest absolute Gasteiger partial charge is 0.480 e. The van der Waals surface area contributed by atoms with E-state index in [1.165, 1.54) is 7.11 Å². The van der Waals surface area contributed by atoms with Crippen LogP contribution in [0, 0.1) is 5.92 Å². The maximum Gasteiger partial charge on any atom is 0.326 e. The molecule has 0 spiro atoms. The number of carbonyl (C=O) groups excluding carboxylic acids is 2. The minimum atomic E-state index is -1.15. The number of hydrogen-bond donors (Lipinski definition) is 2. The lowest BCUT2D eigenvalue weighted by Crippen LogP contribution is -2.53. The van der Waals surface area contributed by atoms with Gasteiger partial charge in [-0.1, -0.05) is 6.92 Å². The van der Waals surface area contributed by atoms with E-state index >= 15 is 0 Å². The molecule has 7 heteroatoms. The molecule has 0 aromatic carbocycles. The van der Waals surface area contributed by atoms with E-state index in [0.717, 1.165) is 12.8 Å². The Morgan fingerprint density at radius 3 is 2.57 bits per heavy atom. The molecule has 1 aliphatic heterocycles. The fraction of sp³-hybridized carbons (Fsp3) is 0.786. The van der Waals surface area contributed by atoms with E-state index in [9.17, 15) is 14.4 Å². The Morgan fingerprint density at radius 2 is 2.00 bits per heavy atom. The van der Waals surface area contributed by atoms with Gasteiger partial charge in [0.2, 0.25) is 0 Å². The van der Waals surface area contributed by atoms with Gasteiger partial charge in [-0.05, 0) is 32.1 Å². The summed E-state index contributed by atoms with van der Waals surface area (Å²) in [6.45, 7) is 4.64. The van der Waals surface area contributed by atoms with Crippen molar-refractivity contribution in [2.75, 3.05) is 13.7 Å². The number of esters is 1. The molecular weight excluding hydrogens is 276 g/mol. The summed E-state index contributed by atoms with van der Waals surface area (Å²) in [6.07, 6.45) is 1.95. The quantitative estimate of drug-likeness (QED) is 0.744. The van der Waals surface area contributed by atoms with Gasteiger partial charge in [0.1, 0.15) is 6.04 Å². The Kier molecular flexibility index (Phi) is 6.45. The molecule has 7 nitrogen and oxygen atoms in total. The van der Waals surface area contributed by atoms with Crippen LogP contribution >= 0.6 is 0 Å². The molecule has 0 bridgehead atoms. The third kappa shape index (κ3) is 5.24. The van der Waals surface area contributed by atoms with Crippen LogP contribution in [0.3, 0.4) is 0 Å². The fourth-order valence-corrected chi connectivity index (χ4v) is 2.43. The smallest absolute Gasteiger partial charge is 0.326 e. The second-order valence-electron chi connectivity index (χ2n) is 5.64. The molecule has 1 fully saturated rings. The lowest BCUT2D eigenvalue weighted by atomic mass is 9.95. The van der Waals surface area contributed by atoms with E-state index in [1.807, 2.05) is 6.92 Å². The molecule has 0 radical (unpaired) electrons. The molecule has 0 aliphatic carbocycles. The number of carboxylic acid groups (broad SMARTS) is 1. The average Bonchev–Trinajstić information content (AvgIpc) is 2.44. The number of likely N-dealkylation sites (tertiary alicyclic amines) is 1. The maximum absolute atomic E-state index is 12.2. The Balaban J connectivity index is 2.59. The van der Waals surface area contributed by atoms with Crippen molar-refractivity contribution in [2.24, 2.45) is 5.92 Å². The van der Waals surface area contributed by atoms with Gasteiger partial charge in [-0.25, -0.2) is 9.59 Å². The summed E-state index contributed by atoms with van der Waals surface area (Å²) in [5.74, 6) is -1.23. The number of urea groups is 1. The molecule has 1 saturated heterocycles. The van der Waals surface area contributed by atoms with Gasteiger partial charge < -0.3 is 20.1 Å². The summed E-state index contributed by atoms with van der Waals surface area (Å²) in [5.41, 5.74) is 0. The number of piperidine rings is 1. The number of carbonyl (C=O) groups is 3. The van der Waals surface area contributed by atoms with Crippen LogP contribution in [0.25, 0.3) is 0 Å². The molecule has 1 rings (SSSR count).